The van der Waals surface area contributed by atoms with E-state index in [-0.39, 0.29) is 40.0 Å². The van der Waals surface area contributed by atoms with Gasteiger partial charge in [-0.3, -0.25) is 10.1 Å². The van der Waals surface area contributed by atoms with Gasteiger partial charge in [0.25, 0.3) is 10.0 Å². The van der Waals surface area contributed by atoms with E-state index < -0.39 is 14.9 Å². The monoisotopic (exact) mass is 453 g/mol. The zero-order valence-corrected chi connectivity index (χ0v) is 18.3. The topological polar surface area (TPSA) is 139 Å². The van der Waals surface area contributed by atoms with Crippen molar-refractivity contribution in [2.75, 3.05) is 27.9 Å². The largest absolute Gasteiger partial charge is 0.493 e. The summed E-state index contributed by atoms with van der Waals surface area (Å²) in [4.78, 5) is 12.8. The number of hydrogen-bond acceptors (Lipinski definition) is 9. The van der Waals surface area contributed by atoms with Gasteiger partial charge in [-0.05, 0) is 24.6 Å². The first-order valence-corrected chi connectivity index (χ1v) is 10.5. The van der Waals surface area contributed by atoms with E-state index in [0.29, 0.717) is 12.2 Å². The van der Waals surface area contributed by atoms with E-state index in [1.807, 2.05) is 6.92 Å². The van der Waals surface area contributed by atoms with Gasteiger partial charge in [0, 0.05) is 17.7 Å². The van der Waals surface area contributed by atoms with Gasteiger partial charge >= 0.3 is 5.69 Å². The summed E-state index contributed by atoms with van der Waals surface area (Å²) in [6, 6.07) is 6.71. The molecule has 0 amide bonds. The molecular weight excluding hydrogens is 430 g/mol. The van der Waals surface area contributed by atoms with Crippen molar-refractivity contribution in [3.8, 4) is 23.0 Å². The quantitative estimate of drug-likeness (QED) is 0.311. The molecule has 0 saturated heterocycles. The average molecular weight is 453 g/mol. The van der Waals surface area contributed by atoms with Crippen molar-refractivity contribution in [3.05, 3.63) is 46.0 Å². The summed E-state index contributed by atoms with van der Waals surface area (Å²) in [5, 5.41) is 15.1. The number of hydrazone groups is 1. The predicted octanol–water partition coefficient (Wildman–Crippen LogP) is 2.72. The van der Waals surface area contributed by atoms with E-state index in [9.17, 15) is 18.5 Å². The predicted molar refractivity (Wildman–Crippen MR) is 113 cm³/mol. The number of nitro benzene ring substituents is 1. The molecule has 168 valence electrons. The second-order valence-corrected chi connectivity index (χ2v) is 7.71. The number of nitrogens with one attached hydrogen (secondary N) is 1. The van der Waals surface area contributed by atoms with Crippen LogP contribution >= 0.6 is 0 Å². The molecule has 0 spiro atoms. The van der Waals surface area contributed by atoms with Crippen LogP contribution in [0, 0.1) is 10.1 Å². The lowest BCUT2D eigenvalue weighted by Gasteiger charge is -2.11. The molecule has 0 bridgehead atoms. The zero-order chi connectivity index (χ0) is 23.0. The lowest BCUT2D eigenvalue weighted by Crippen LogP contribution is -2.18. The Morgan fingerprint density at radius 1 is 1.06 bits per heavy atom. The van der Waals surface area contributed by atoms with Gasteiger partial charge in [-0.2, -0.15) is 13.5 Å². The summed E-state index contributed by atoms with van der Waals surface area (Å²) in [7, 11) is 0.136. The smallest absolute Gasteiger partial charge is 0.315 e. The Morgan fingerprint density at radius 3 is 2.32 bits per heavy atom. The molecule has 1 N–H and O–H groups in total. The molecule has 0 aliphatic heterocycles. The van der Waals surface area contributed by atoms with Crippen molar-refractivity contribution in [1.82, 2.24) is 4.83 Å². The third-order valence-corrected chi connectivity index (χ3v) is 5.20. The van der Waals surface area contributed by atoms with Gasteiger partial charge < -0.3 is 18.9 Å². The maximum absolute atomic E-state index is 12.5. The number of methoxy groups -OCH3 is 3. The minimum atomic E-state index is -4.02. The molecule has 12 heteroatoms. The first-order chi connectivity index (χ1) is 14.8. The minimum absolute atomic E-state index is 0.00240. The molecule has 0 unspecified atom stereocenters. The molecule has 2 rings (SSSR count). The summed E-state index contributed by atoms with van der Waals surface area (Å²) in [6.07, 6.45) is 1.78. The molecular formula is C19H23N3O8S. The fourth-order valence-electron chi connectivity index (χ4n) is 2.53. The van der Waals surface area contributed by atoms with E-state index in [1.165, 1.54) is 51.7 Å². The van der Waals surface area contributed by atoms with Crippen molar-refractivity contribution < 1.29 is 32.3 Å². The Bertz CT molecular complexity index is 1070. The third kappa shape index (κ3) is 5.75. The molecule has 0 aliphatic carbocycles. The van der Waals surface area contributed by atoms with Gasteiger partial charge in [-0.25, -0.2) is 4.83 Å². The van der Waals surface area contributed by atoms with Crippen LogP contribution in [-0.2, 0) is 10.0 Å². The van der Waals surface area contributed by atoms with Gasteiger partial charge in [-0.1, -0.05) is 6.92 Å². The lowest BCUT2D eigenvalue weighted by molar-refractivity contribution is -0.386. The molecule has 2 aromatic rings. The Kier molecular flexibility index (Phi) is 8.02. The maximum Gasteiger partial charge on any atom is 0.315 e. The molecule has 31 heavy (non-hydrogen) atoms. The first-order valence-electron chi connectivity index (χ1n) is 9.03. The minimum Gasteiger partial charge on any atom is -0.493 e. The van der Waals surface area contributed by atoms with Crippen LogP contribution in [0.5, 0.6) is 23.0 Å². The molecule has 0 atom stereocenters. The fraction of sp³-hybridized carbons (Fsp3) is 0.316. The number of hydrogen-bond donors (Lipinski definition) is 1. The second kappa shape index (κ2) is 10.5. The van der Waals surface area contributed by atoms with Gasteiger partial charge in [0.05, 0.1) is 44.0 Å². The van der Waals surface area contributed by atoms with Crippen molar-refractivity contribution in [2.45, 2.75) is 18.2 Å². The number of rotatable bonds is 11. The Labute approximate surface area is 179 Å². The normalized spacial score (nSPS) is 11.2. The highest BCUT2D eigenvalue weighted by molar-refractivity contribution is 7.89. The van der Waals surface area contributed by atoms with Gasteiger partial charge in [0.1, 0.15) is 0 Å². The summed E-state index contributed by atoms with van der Waals surface area (Å²) in [6.45, 7) is 2.14. The number of nitro groups is 1. The van der Waals surface area contributed by atoms with Crippen LogP contribution in [0.1, 0.15) is 18.9 Å². The average Bonchev–Trinajstić information content (AvgIpc) is 2.76. The van der Waals surface area contributed by atoms with Gasteiger partial charge in [-0.15, -0.1) is 0 Å². The SMILES string of the molecule is CCCOc1c(OC)cc(/C=N/NS(=O)(=O)c2ccc(OC)c(OC)c2)cc1[N+](=O)[O-]. The van der Waals surface area contributed by atoms with Gasteiger partial charge in [0.15, 0.2) is 17.2 Å². The van der Waals surface area contributed by atoms with Crippen LogP contribution < -0.4 is 23.8 Å². The zero-order valence-electron chi connectivity index (χ0n) is 17.4. The highest BCUT2D eigenvalue weighted by Gasteiger charge is 2.22. The molecule has 0 radical (unpaired) electrons. The molecule has 0 aromatic heterocycles. The Balaban J connectivity index is 2.31. The second-order valence-electron chi connectivity index (χ2n) is 6.05. The van der Waals surface area contributed by atoms with Crippen LogP contribution in [-0.4, -0.2) is 47.5 Å². The summed E-state index contributed by atoms with van der Waals surface area (Å²) < 4.78 is 45.8. The van der Waals surface area contributed by atoms with Crippen LogP contribution in [0.25, 0.3) is 0 Å². The van der Waals surface area contributed by atoms with Crippen LogP contribution in [0.3, 0.4) is 0 Å². The van der Waals surface area contributed by atoms with Crippen molar-refractivity contribution in [1.29, 1.82) is 0 Å². The van der Waals surface area contributed by atoms with E-state index in [2.05, 4.69) is 9.93 Å². The number of sulfonamides is 1. The molecule has 0 heterocycles. The fourth-order valence-corrected chi connectivity index (χ4v) is 3.33. The van der Waals surface area contributed by atoms with Crippen molar-refractivity contribution >= 4 is 21.9 Å². The van der Waals surface area contributed by atoms with E-state index in [1.54, 1.807) is 0 Å². The van der Waals surface area contributed by atoms with Gasteiger partial charge in [0.2, 0.25) is 5.75 Å². The number of nitrogens with zero attached hydrogens (tertiary/aromatic N) is 2. The third-order valence-electron chi connectivity index (χ3n) is 3.98. The molecule has 0 aliphatic rings. The molecule has 0 fully saturated rings. The Morgan fingerprint density at radius 2 is 1.74 bits per heavy atom. The van der Waals surface area contributed by atoms with Crippen LogP contribution in [0.15, 0.2) is 40.3 Å². The molecule has 11 nitrogen and oxygen atoms in total. The number of ether oxygens (including phenoxy) is 4. The van der Waals surface area contributed by atoms with Crippen LogP contribution in [0.2, 0.25) is 0 Å². The van der Waals surface area contributed by atoms with E-state index in [4.69, 9.17) is 18.9 Å². The lowest BCUT2D eigenvalue weighted by atomic mass is 10.2. The molecule has 2 aromatic carbocycles. The van der Waals surface area contributed by atoms with Crippen molar-refractivity contribution in [3.63, 3.8) is 0 Å². The summed E-state index contributed by atoms with van der Waals surface area (Å²) >= 11 is 0. The Hall–Kier alpha value is -3.54. The summed E-state index contributed by atoms with van der Waals surface area (Å²) in [5.41, 5.74) is -0.0839. The first kappa shape index (κ1) is 23.7. The highest BCUT2D eigenvalue weighted by atomic mass is 32.2. The maximum atomic E-state index is 12.5. The van der Waals surface area contributed by atoms with Crippen molar-refractivity contribution in [2.24, 2.45) is 5.10 Å². The van der Waals surface area contributed by atoms with Crippen LogP contribution in [0.4, 0.5) is 5.69 Å². The standard InChI is InChI=1S/C19H23N3O8S/c1-5-8-30-19-15(22(23)24)9-13(10-18(19)29-4)12-20-21-31(25,26)14-6-7-16(27-2)17(11-14)28-3/h6-7,9-12,21H,5,8H2,1-4H3/b20-12+. The molecule has 0 saturated carbocycles. The number of benzene rings is 2. The highest BCUT2D eigenvalue weighted by Crippen LogP contribution is 2.38. The summed E-state index contributed by atoms with van der Waals surface area (Å²) in [5.74, 6) is 0.733. The van der Waals surface area contributed by atoms with E-state index in [0.717, 1.165) is 6.21 Å². The van der Waals surface area contributed by atoms with E-state index >= 15 is 0 Å².